The number of aryl methyl sites for hydroxylation is 2. The van der Waals surface area contributed by atoms with Gasteiger partial charge in [0.1, 0.15) is 6.10 Å². The van der Waals surface area contributed by atoms with Crippen molar-refractivity contribution in [2.24, 2.45) is 5.41 Å². The van der Waals surface area contributed by atoms with Crippen LogP contribution in [0.1, 0.15) is 48.6 Å². The highest BCUT2D eigenvalue weighted by molar-refractivity contribution is 5.26. The Morgan fingerprint density at radius 1 is 1.14 bits per heavy atom. The molecule has 1 aliphatic carbocycles. The fourth-order valence-corrected chi connectivity index (χ4v) is 3.42. The van der Waals surface area contributed by atoms with E-state index in [1.54, 1.807) is 6.20 Å². The van der Waals surface area contributed by atoms with Gasteiger partial charge in [0.05, 0.1) is 5.69 Å². The van der Waals surface area contributed by atoms with Gasteiger partial charge in [-0.25, -0.2) is 0 Å². The van der Waals surface area contributed by atoms with E-state index in [-0.39, 0.29) is 5.41 Å². The molecule has 0 aliphatic heterocycles. The van der Waals surface area contributed by atoms with E-state index in [0.717, 1.165) is 31.4 Å². The molecule has 1 saturated carbocycles. The second kappa shape index (κ2) is 5.98. The average molecular weight is 281 g/mol. The normalized spacial score (nSPS) is 18.0. The summed E-state index contributed by atoms with van der Waals surface area (Å²) in [4.78, 5) is 4.35. The van der Waals surface area contributed by atoms with E-state index in [1.165, 1.54) is 17.5 Å². The third-order valence-corrected chi connectivity index (χ3v) is 5.05. The van der Waals surface area contributed by atoms with Crippen LogP contribution in [0.15, 0.2) is 48.7 Å². The molecule has 1 unspecified atom stereocenters. The molecule has 1 aliphatic rings. The molecule has 2 aromatic rings. The van der Waals surface area contributed by atoms with E-state index in [0.29, 0.717) is 0 Å². The lowest BCUT2D eigenvalue weighted by Gasteiger charge is -2.45. The van der Waals surface area contributed by atoms with Crippen LogP contribution < -0.4 is 0 Å². The van der Waals surface area contributed by atoms with Crippen LogP contribution in [0.2, 0.25) is 0 Å². The third-order valence-electron chi connectivity index (χ3n) is 5.05. The van der Waals surface area contributed by atoms with Gasteiger partial charge in [-0.1, -0.05) is 36.8 Å². The molecule has 1 atom stereocenters. The largest absolute Gasteiger partial charge is 0.386 e. The van der Waals surface area contributed by atoms with Crippen LogP contribution in [0, 0.1) is 12.3 Å². The zero-order valence-electron chi connectivity index (χ0n) is 12.6. The third kappa shape index (κ3) is 2.86. The predicted octanol–water partition coefficient (Wildman–Crippen LogP) is 4.23. The van der Waals surface area contributed by atoms with Gasteiger partial charge >= 0.3 is 0 Å². The summed E-state index contributed by atoms with van der Waals surface area (Å²) in [6.45, 7) is 2.16. The second-order valence-corrected chi connectivity index (χ2v) is 6.30. The Morgan fingerprint density at radius 3 is 2.52 bits per heavy atom. The van der Waals surface area contributed by atoms with Crippen molar-refractivity contribution >= 4 is 0 Å². The maximum atomic E-state index is 10.8. The first-order valence-corrected chi connectivity index (χ1v) is 7.85. The number of hydrogen-bond acceptors (Lipinski definition) is 2. The van der Waals surface area contributed by atoms with Crippen LogP contribution >= 0.6 is 0 Å². The van der Waals surface area contributed by atoms with Crippen molar-refractivity contribution in [3.05, 3.63) is 65.5 Å². The van der Waals surface area contributed by atoms with Gasteiger partial charge in [0.2, 0.25) is 0 Å². The number of nitrogens with zero attached hydrogens (tertiary/aromatic N) is 1. The van der Waals surface area contributed by atoms with E-state index in [2.05, 4.69) is 36.2 Å². The molecule has 0 spiro atoms. The van der Waals surface area contributed by atoms with Crippen molar-refractivity contribution in [3.8, 4) is 0 Å². The zero-order valence-corrected chi connectivity index (χ0v) is 12.6. The van der Waals surface area contributed by atoms with Crippen molar-refractivity contribution in [1.29, 1.82) is 0 Å². The number of pyridine rings is 1. The molecule has 3 rings (SSSR count). The van der Waals surface area contributed by atoms with Crippen molar-refractivity contribution in [3.63, 3.8) is 0 Å². The number of benzene rings is 1. The first-order valence-electron chi connectivity index (χ1n) is 7.85. The SMILES string of the molecule is Cc1ccccc1CCC1(C(O)c2ccccn2)CCC1. The number of hydrogen-bond donors (Lipinski definition) is 1. The Hall–Kier alpha value is -1.67. The zero-order chi connectivity index (χ0) is 14.7. The molecule has 1 heterocycles. The molecule has 1 aromatic carbocycles. The van der Waals surface area contributed by atoms with Crippen LogP contribution in [0.25, 0.3) is 0 Å². The van der Waals surface area contributed by atoms with Crippen molar-refractivity contribution in [2.45, 2.75) is 45.1 Å². The van der Waals surface area contributed by atoms with E-state index in [1.807, 2.05) is 18.2 Å². The topological polar surface area (TPSA) is 33.1 Å². The standard InChI is InChI=1S/C19H23NO/c1-15-7-2-3-8-16(15)10-13-19(11-6-12-19)18(21)17-9-4-5-14-20-17/h2-5,7-9,14,18,21H,6,10-13H2,1H3. The number of aliphatic hydroxyl groups excluding tert-OH is 1. The van der Waals surface area contributed by atoms with Gasteiger partial charge in [0, 0.05) is 11.6 Å². The Labute approximate surface area is 126 Å². The highest BCUT2D eigenvalue weighted by Crippen LogP contribution is 2.53. The lowest BCUT2D eigenvalue weighted by molar-refractivity contribution is -0.0457. The first kappa shape index (κ1) is 14.3. The Balaban J connectivity index is 1.74. The van der Waals surface area contributed by atoms with E-state index in [9.17, 15) is 5.11 Å². The van der Waals surface area contributed by atoms with Gasteiger partial charge in [-0.2, -0.15) is 0 Å². The van der Waals surface area contributed by atoms with Crippen molar-refractivity contribution in [1.82, 2.24) is 4.98 Å². The summed E-state index contributed by atoms with van der Waals surface area (Å²) in [5, 5.41) is 10.8. The predicted molar refractivity (Wildman–Crippen MR) is 85.0 cm³/mol. The molecule has 1 fully saturated rings. The van der Waals surface area contributed by atoms with Crippen LogP contribution in [0.5, 0.6) is 0 Å². The van der Waals surface area contributed by atoms with Gasteiger partial charge in [0.25, 0.3) is 0 Å². The van der Waals surface area contributed by atoms with Crippen molar-refractivity contribution < 1.29 is 5.11 Å². The van der Waals surface area contributed by atoms with Crippen LogP contribution in [0.4, 0.5) is 0 Å². The minimum absolute atomic E-state index is 0.0244. The highest BCUT2D eigenvalue weighted by atomic mass is 16.3. The molecule has 0 bridgehead atoms. The Bertz CT molecular complexity index is 590. The molecule has 1 aromatic heterocycles. The monoisotopic (exact) mass is 281 g/mol. The molecule has 0 saturated heterocycles. The Morgan fingerprint density at radius 2 is 1.90 bits per heavy atom. The van der Waals surface area contributed by atoms with Gasteiger partial charge < -0.3 is 5.11 Å². The quantitative estimate of drug-likeness (QED) is 0.889. The molecule has 1 N–H and O–H groups in total. The van der Waals surface area contributed by atoms with E-state index < -0.39 is 6.10 Å². The summed E-state index contributed by atoms with van der Waals surface area (Å²) in [5.74, 6) is 0. The molecular weight excluding hydrogens is 258 g/mol. The highest BCUT2D eigenvalue weighted by Gasteiger charge is 2.44. The van der Waals surface area contributed by atoms with Gasteiger partial charge in [-0.15, -0.1) is 0 Å². The number of aliphatic hydroxyl groups is 1. The minimum atomic E-state index is -0.434. The van der Waals surface area contributed by atoms with Gasteiger partial charge in [-0.3, -0.25) is 4.98 Å². The van der Waals surface area contributed by atoms with E-state index >= 15 is 0 Å². The molecule has 0 radical (unpaired) electrons. The smallest absolute Gasteiger partial charge is 0.102 e. The fourth-order valence-electron chi connectivity index (χ4n) is 3.42. The van der Waals surface area contributed by atoms with Gasteiger partial charge in [0.15, 0.2) is 0 Å². The summed E-state index contributed by atoms with van der Waals surface area (Å²) >= 11 is 0. The van der Waals surface area contributed by atoms with E-state index in [4.69, 9.17) is 0 Å². The molecule has 21 heavy (non-hydrogen) atoms. The molecular formula is C19H23NO. The summed E-state index contributed by atoms with van der Waals surface area (Å²) < 4.78 is 0. The lowest BCUT2D eigenvalue weighted by Crippen LogP contribution is -2.37. The van der Waals surface area contributed by atoms with Crippen LogP contribution in [-0.2, 0) is 6.42 Å². The van der Waals surface area contributed by atoms with Crippen molar-refractivity contribution in [2.75, 3.05) is 0 Å². The second-order valence-electron chi connectivity index (χ2n) is 6.30. The number of rotatable bonds is 5. The average Bonchev–Trinajstić information content (AvgIpc) is 2.48. The maximum absolute atomic E-state index is 10.8. The summed E-state index contributed by atoms with van der Waals surface area (Å²) in [6, 6.07) is 14.4. The molecule has 110 valence electrons. The summed E-state index contributed by atoms with van der Waals surface area (Å²) in [5.41, 5.74) is 3.59. The molecule has 2 heteroatoms. The molecule has 2 nitrogen and oxygen atoms in total. The first-order chi connectivity index (χ1) is 10.2. The molecule has 0 amide bonds. The fraction of sp³-hybridized carbons (Fsp3) is 0.421. The number of aromatic nitrogens is 1. The lowest BCUT2D eigenvalue weighted by atomic mass is 9.61. The van der Waals surface area contributed by atoms with Crippen LogP contribution in [0.3, 0.4) is 0 Å². The minimum Gasteiger partial charge on any atom is -0.386 e. The maximum Gasteiger partial charge on any atom is 0.102 e. The Kier molecular flexibility index (Phi) is 4.07. The van der Waals surface area contributed by atoms with Gasteiger partial charge in [-0.05, 0) is 55.9 Å². The van der Waals surface area contributed by atoms with Crippen LogP contribution in [-0.4, -0.2) is 10.1 Å². The summed E-state index contributed by atoms with van der Waals surface area (Å²) in [7, 11) is 0. The summed E-state index contributed by atoms with van der Waals surface area (Å²) in [6.07, 6.45) is 6.85.